The predicted molar refractivity (Wildman–Crippen MR) is 285 cm³/mol. The van der Waals surface area contributed by atoms with Gasteiger partial charge in [-0.05, 0) is 123 Å². The summed E-state index contributed by atoms with van der Waals surface area (Å²) in [4.78, 5) is 3.81. The normalized spacial score (nSPS) is 14.6. The number of hydrogen-bond acceptors (Lipinski definition) is 16. The topological polar surface area (TPSA) is 230 Å². The molecule has 0 saturated heterocycles. The van der Waals surface area contributed by atoms with Gasteiger partial charge in [-0.15, -0.1) is 0 Å². The van der Waals surface area contributed by atoms with Crippen LogP contribution in [-0.4, -0.2) is 201 Å². The molecule has 2 unspecified atom stereocenters. The van der Waals surface area contributed by atoms with Crippen LogP contribution in [0.4, 0.5) is 0 Å². The Labute approximate surface area is 451 Å². The highest BCUT2D eigenvalue weighted by Gasteiger charge is 2.46. The van der Waals surface area contributed by atoms with Crippen molar-refractivity contribution in [1.82, 2.24) is 9.80 Å². The number of ether oxygens (including phenoxy) is 2. The van der Waals surface area contributed by atoms with Gasteiger partial charge in [0.15, 0.2) is 0 Å². The van der Waals surface area contributed by atoms with Crippen LogP contribution in [0.5, 0.6) is 11.5 Å². The van der Waals surface area contributed by atoms with Crippen LogP contribution in [0.25, 0.3) is 11.1 Å². The van der Waals surface area contributed by atoms with E-state index < -0.39 is 67.0 Å². The monoisotopic (exact) mass is 1170 g/mol. The highest BCUT2D eigenvalue weighted by atomic mass is 32.2. The first-order valence-corrected chi connectivity index (χ1v) is 34.9. The van der Waals surface area contributed by atoms with E-state index in [4.69, 9.17) is 34.2 Å². The van der Waals surface area contributed by atoms with Crippen molar-refractivity contribution in [2.45, 2.75) is 68.5 Å². The standard InChI is InChI=1S/C45H60N2O16S2Si8/c1-70-62-72(58-66,59-67)29-9-25-46(23-7-27-64(50,51)52)31-37(48)33-56-39-19-15-35(16-20-39)45(43-13-5-3-11-41(43)42-12-4-6-14-44(42)45)36-17-21-40(22-18-36)57-34-38(49)32-47(24-8-28-65(53,54)55)26-10-30-73(60-68,61-69)63-71-2/h3-6,11-22,37-38,48-49H,7-10,23-34H2,1-2H3,(H,50,51,52)(H,53,54,55). The van der Waals surface area contributed by atoms with Crippen LogP contribution >= 0.6 is 0 Å². The van der Waals surface area contributed by atoms with E-state index in [9.17, 15) is 36.2 Å². The zero-order chi connectivity index (χ0) is 53.1. The van der Waals surface area contributed by atoms with E-state index in [0.29, 0.717) is 62.6 Å². The number of aliphatic hydroxyl groups excluding tert-OH is 2. The summed E-state index contributed by atoms with van der Waals surface area (Å²) in [6.45, 7) is 5.46. The lowest BCUT2D eigenvalue weighted by Crippen LogP contribution is -2.46. The summed E-state index contributed by atoms with van der Waals surface area (Å²) in [7, 11) is -1.83. The Hall–Kier alpha value is -2.36. The number of fused-ring (bicyclic) bond motifs is 3. The van der Waals surface area contributed by atoms with Crippen LogP contribution in [-0.2, 0) is 50.3 Å². The Morgan fingerprint density at radius 3 is 1.22 bits per heavy atom. The van der Waals surface area contributed by atoms with Crippen molar-refractivity contribution in [1.29, 1.82) is 0 Å². The first-order chi connectivity index (χ1) is 34.9. The summed E-state index contributed by atoms with van der Waals surface area (Å²) in [5, 5.41) is 22.4. The maximum absolute atomic E-state index is 11.5. The summed E-state index contributed by atoms with van der Waals surface area (Å²) < 4.78 is 110. The largest absolute Gasteiger partial charge is 0.491 e. The van der Waals surface area contributed by atoms with Crippen molar-refractivity contribution >= 4 is 99.3 Å². The molecule has 1 aliphatic carbocycles. The highest BCUT2D eigenvalue weighted by Crippen LogP contribution is 2.56. The molecule has 4 aromatic rings. The van der Waals surface area contributed by atoms with Gasteiger partial charge in [0.05, 0.1) is 16.9 Å². The summed E-state index contributed by atoms with van der Waals surface area (Å²) >= 11 is 0. The van der Waals surface area contributed by atoms with E-state index >= 15 is 0 Å². The van der Waals surface area contributed by atoms with Gasteiger partial charge < -0.3 is 54.2 Å². The summed E-state index contributed by atoms with van der Waals surface area (Å²) in [6.07, 6.45) is -0.472. The van der Waals surface area contributed by atoms with Gasteiger partial charge in [0, 0.05) is 25.2 Å². The fourth-order valence-corrected chi connectivity index (χ4v) is 19.4. The molecule has 0 fully saturated rings. The minimum absolute atomic E-state index is 0.0450. The molecule has 5 rings (SSSR count). The van der Waals surface area contributed by atoms with Gasteiger partial charge in [-0.1, -0.05) is 72.8 Å². The van der Waals surface area contributed by atoms with E-state index in [2.05, 4.69) is 66.2 Å². The Morgan fingerprint density at radius 1 is 0.548 bits per heavy atom. The molecule has 0 saturated carbocycles. The second kappa shape index (κ2) is 29.4. The third-order valence-electron chi connectivity index (χ3n) is 12.2. The Balaban J connectivity index is 1.30. The van der Waals surface area contributed by atoms with Crippen LogP contribution in [0, 0.1) is 0 Å². The number of rotatable bonds is 36. The molecule has 0 spiro atoms. The fourth-order valence-electron chi connectivity index (χ4n) is 9.02. The Kier molecular flexibility index (Phi) is 24.8. The lowest BCUT2D eigenvalue weighted by molar-refractivity contribution is 0.0678. The first kappa shape index (κ1) is 61.5. The molecule has 4 N–H and O–H groups in total. The van der Waals surface area contributed by atoms with E-state index in [1.165, 1.54) is 0 Å². The van der Waals surface area contributed by atoms with E-state index in [1.54, 1.807) is 0 Å². The third kappa shape index (κ3) is 17.8. The predicted octanol–water partition coefficient (Wildman–Crippen LogP) is 3.12. The molecule has 2 atom stereocenters. The molecule has 18 nitrogen and oxygen atoms in total. The smallest absolute Gasteiger partial charge is 0.468 e. The van der Waals surface area contributed by atoms with Crippen molar-refractivity contribution in [3.05, 3.63) is 119 Å². The molecule has 0 aliphatic heterocycles. The van der Waals surface area contributed by atoms with Crippen molar-refractivity contribution in [2.24, 2.45) is 0 Å². The zero-order valence-corrected chi connectivity index (χ0v) is 50.2. The molecule has 0 bridgehead atoms. The Bertz CT molecular complexity index is 2350. The second-order valence-electron chi connectivity index (χ2n) is 17.3. The van der Waals surface area contributed by atoms with Crippen LogP contribution < -0.4 is 9.47 Å². The lowest BCUT2D eigenvalue weighted by atomic mass is 9.68. The van der Waals surface area contributed by atoms with Gasteiger partial charge in [0.2, 0.25) is 61.5 Å². The third-order valence-corrected chi connectivity index (χ3v) is 24.8. The average Bonchev–Trinajstić information content (AvgIpc) is 3.67. The van der Waals surface area contributed by atoms with Crippen LogP contribution in [0.1, 0.15) is 47.9 Å². The van der Waals surface area contributed by atoms with Gasteiger partial charge >= 0.3 is 17.6 Å². The van der Waals surface area contributed by atoms with Crippen LogP contribution in [0.3, 0.4) is 0 Å². The van der Waals surface area contributed by atoms with Crippen LogP contribution in [0.15, 0.2) is 97.1 Å². The second-order valence-corrected chi connectivity index (χ2v) is 29.9. The molecule has 28 heteroatoms. The quantitative estimate of drug-likeness (QED) is 0.0334. The summed E-state index contributed by atoms with van der Waals surface area (Å²) in [6, 6.07) is 33.1. The molecule has 4 aromatic carbocycles. The SMILES string of the molecule is C[Si]O[Si](CCCN(CCCS(=O)(=O)O)CC(O)COc1ccc(C2(c3ccc(OCC(O)CN(CCC[Si](O[Si])(O[Si])O[Si]C)CCCS(=O)(=O)O)cc3)c3ccccc3-c3ccccc32)cc1)(O[Si])O[Si]. The molecular weight excluding hydrogens is 1110 g/mol. The number of aliphatic hydroxyl groups is 2. The maximum Gasteiger partial charge on any atom is 0.468 e. The Morgan fingerprint density at radius 2 is 0.890 bits per heavy atom. The lowest BCUT2D eigenvalue weighted by Gasteiger charge is -2.34. The maximum atomic E-state index is 11.5. The highest BCUT2D eigenvalue weighted by molar-refractivity contribution is 7.86. The average molecular weight is 1170 g/mol. The van der Waals surface area contributed by atoms with Gasteiger partial charge in [-0.25, -0.2) is 0 Å². The van der Waals surface area contributed by atoms with E-state index in [-0.39, 0.29) is 58.7 Å². The summed E-state index contributed by atoms with van der Waals surface area (Å²) in [5.74, 6) is 0.245. The number of hydrogen-bond donors (Lipinski definition) is 4. The molecule has 390 valence electrons. The zero-order valence-electron chi connectivity index (χ0n) is 40.6. The van der Waals surface area contributed by atoms with Crippen molar-refractivity contribution in [3.8, 4) is 22.6 Å². The van der Waals surface area contributed by atoms with Gasteiger partial charge in [-0.3, -0.25) is 9.11 Å². The van der Waals surface area contributed by atoms with E-state index in [0.717, 1.165) is 33.4 Å². The van der Waals surface area contributed by atoms with E-state index in [1.807, 2.05) is 95.7 Å². The molecule has 73 heavy (non-hydrogen) atoms. The molecule has 0 aromatic heterocycles. The van der Waals surface area contributed by atoms with Crippen molar-refractivity contribution in [2.75, 3.05) is 64.0 Å². The minimum atomic E-state index is -4.16. The summed E-state index contributed by atoms with van der Waals surface area (Å²) in [5.41, 5.74) is 5.57. The van der Waals surface area contributed by atoms with Gasteiger partial charge in [0.25, 0.3) is 20.2 Å². The fraction of sp³-hybridized carbons (Fsp3) is 0.467. The van der Waals surface area contributed by atoms with Crippen molar-refractivity contribution < 1.29 is 70.3 Å². The van der Waals surface area contributed by atoms with Gasteiger partial charge in [0.1, 0.15) is 36.9 Å². The van der Waals surface area contributed by atoms with Crippen molar-refractivity contribution in [3.63, 3.8) is 0 Å². The van der Waals surface area contributed by atoms with Crippen LogP contribution in [0.2, 0.25) is 25.2 Å². The number of nitrogens with zero attached hydrogens (tertiary/aromatic N) is 2. The number of benzene rings is 4. The molecular formula is C45H60N2O16S2Si8. The first-order valence-electron chi connectivity index (χ1n) is 23.3. The molecule has 0 heterocycles. The molecule has 16 radical (unpaired) electrons. The molecule has 0 amide bonds. The minimum Gasteiger partial charge on any atom is -0.491 e. The van der Waals surface area contributed by atoms with Gasteiger partial charge in [-0.2, -0.15) is 16.8 Å². The molecule has 1 aliphatic rings.